The molecule has 1 N–H and O–H groups in total. The summed E-state index contributed by atoms with van der Waals surface area (Å²) in [6.07, 6.45) is 1.77. The van der Waals surface area contributed by atoms with Gasteiger partial charge in [0.05, 0.1) is 22.4 Å². The van der Waals surface area contributed by atoms with Gasteiger partial charge < -0.3 is 5.32 Å². The Morgan fingerprint density at radius 1 is 1.30 bits per heavy atom. The zero-order chi connectivity index (χ0) is 14.7. The molecular formula is C14H18Cl2N4. The van der Waals surface area contributed by atoms with E-state index in [-0.39, 0.29) is 6.04 Å². The predicted molar refractivity (Wildman–Crippen MR) is 82.8 cm³/mol. The lowest BCUT2D eigenvalue weighted by Gasteiger charge is -2.13. The summed E-state index contributed by atoms with van der Waals surface area (Å²) < 4.78 is 1.78. The smallest absolute Gasteiger partial charge is 0.103 e. The van der Waals surface area contributed by atoms with E-state index in [1.807, 2.05) is 13.1 Å². The van der Waals surface area contributed by atoms with Gasteiger partial charge in [-0.15, -0.1) is 5.10 Å². The van der Waals surface area contributed by atoms with Crippen molar-refractivity contribution in [3.8, 4) is 5.69 Å². The van der Waals surface area contributed by atoms with Crippen LogP contribution in [0, 0.1) is 0 Å². The van der Waals surface area contributed by atoms with Crippen LogP contribution < -0.4 is 5.32 Å². The van der Waals surface area contributed by atoms with Gasteiger partial charge in [0.15, 0.2) is 0 Å². The first-order valence-electron chi connectivity index (χ1n) is 6.69. The van der Waals surface area contributed by atoms with Crippen LogP contribution in [-0.2, 0) is 6.42 Å². The summed E-state index contributed by atoms with van der Waals surface area (Å²) in [7, 11) is 1.93. The number of nitrogens with one attached hydrogen (secondary N) is 1. The normalized spacial score (nSPS) is 12.7. The molecule has 1 heterocycles. The van der Waals surface area contributed by atoms with Crippen molar-refractivity contribution in [1.29, 1.82) is 0 Å². The van der Waals surface area contributed by atoms with Crippen LogP contribution in [0.4, 0.5) is 0 Å². The molecule has 0 spiro atoms. The Morgan fingerprint density at radius 3 is 2.65 bits per heavy atom. The molecule has 108 valence electrons. The van der Waals surface area contributed by atoms with Crippen molar-refractivity contribution in [3.05, 3.63) is 39.6 Å². The maximum absolute atomic E-state index is 6.25. The second-order valence-corrected chi connectivity index (χ2v) is 5.38. The first kappa shape index (κ1) is 15.3. The molecule has 0 aliphatic heterocycles. The summed E-state index contributed by atoms with van der Waals surface area (Å²) in [5.74, 6) is 0. The van der Waals surface area contributed by atoms with Crippen LogP contribution in [0.3, 0.4) is 0 Å². The third-order valence-corrected chi connectivity index (χ3v) is 3.91. The van der Waals surface area contributed by atoms with Gasteiger partial charge in [-0.1, -0.05) is 42.3 Å². The van der Waals surface area contributed by atoms with Crippen LogP contribution in [0.15, 0.2) is 18.2 Å². The molecule has 1 aromatic heterocycles. The second kappa shape index (κ2) is 6.57. The molecule has 1 unspecified atom stereocenters. The van der Waals surface area contributed by atoms with Gasteiger partial charge in [0.25, 0.3) is 0 Å². The molecule has 1 atom stereocenters. The SMILES string of the molecule is CCc1c(C(CC)NC)nnn1-c1cc(Cl)ccc1Cl. The summed E-state index contributed by atoms with van der Waals surface area (Å²) in [5.41, 5.74) is 2.78. The van der Waals surface area contributed by atoms with E-state index in [0.29, 0.717) is 10.0 Å². The molecule has 0 amide bonds. The Bertz CT molecular complexity index is 591. The fourth-order valence-electron chi connectivity index (χ4n) is 2.29. The van der Waals surface area contributed by atoms with Gasteiger partial charge in [-0.05, 0) is 38.1 Å². The van der Waals surface area contributed by atoms with Crippen LogP contribution in [0.25, 0.3) is 5.69 Å². The molecule has 4 nitrogen and oxygen atoms in total. The van der Waals surface area contributed by atoms with E-state index >= 15 is 0 Å². The Balaban J connectivity index is 2.55. The van der Waals surface area contributed by atoms with E-state index in [2.05, 4.69) is 29.5 Å². The molecule has 6 heteroatoms. The third kappa shape index (κ3) is 2.82. The Kier molecular flexibility index (Phi) is 5.02. The molecule has 0 aliphatic carbocycles. The number of aromatic nitrogens is 3. The number of hydrogen-bond donors (Lipinski definition) is 1. The highest BCUT2D eigenvalue weighted by Gasteiger charge is 2.20. The van der Waals surface area contributed by atoms with Gasteiger partial charge in [-0.2, -0.15) is 0 Å². The first-order valence-corrected chi connectivity index (χ1v) is 7.45. The van der Waals surface area contributed by atoms with E-state index in [1.165, 1.54) is 0 Å². The fourth-order valence-corrected chi connectivity index (χ4v) is 2.65. The van der Waals surface area contributed by atoms with Gasteiger partial charge in [-0.3, -0.25) is 0 Å². The van der Waals surface area contributed by atoms with Crippen molar-refractivity contribution in [2.45, 2.75) is 32.7 Å². The number of halogens is 2. The van der Waals surface area contributed by atoms with Crippen molar-refractivity contribution in [2.24, 2.45) is 0 Å². The number of benzene rings is 1. The molecule has 2 rings (SSSR count). The quantitative estimate of drug-likeness (QED) is 0.913. The molecule has 2 aromatic rings. The van der Waals surface area contributed by atoms with E-state index in [1.54, 1.807) is 16.8 Å². The zero-order valence-corrected chi connectivity index (χ0v) is 13.3. The van der Waals surface area contributed by atoms with Crippen molar-refractivity contribution < 1.29 is 0 Å². The highest BCUT2D eigenvalue weighted by molar-refractivity contribution is 6.34. The summed E-state index contributed by atoms with van der Waals surface area (Å²) in [6, 6.07) is 5.54. The average Bonchev–Trinajstić information content (AvgIpc) is 2.86. The minimum atomic E-state index is 0.191. The maximum Gasteiger partial charge on any atom is 0.103 e. The monoisotopic (exact) mass is 312 g/mol. The molecule has 0 saturated heterocycles. The van der Waals surface area contributed by atoms with E-state index in [4.69, 9.17) is 23.2 Å². The number of nitrogens with zero attached hydrogens (tertiary/aromatic N) is 3. The molecule has 1 aromatic carbocycles. The van der Waals surface area contributed by atoms with Crippen LogP contribution in [0.5, 0.6) is 0 Å². The lowest BCUT2D eigenvalue weighted by Crippen LogP contribution is -2.17. The molecule has 0 fully saturated rings. The summed E-state index contributed by atoms with van der Waals surface area (Å²) >= 11 is 12.3. The minimum Gasteiger partial charge on any atom is -0.312 e. The van der Waals surface area contributed by atoms with Crippen molar-refractivity contribution >= 4 is 23.2 Å². The molecule has 0 saturated carbocycles. The van der Waals surface area contributed by atoms with Gasteiger partial charge in [0.1, 0.15) is 5.69 Å². The van der Waals surface area contributed by atoms with Crippen LogP contribution in [0.1, 0.15) is 37.7 Å². The lowest BCUT2D eigenvalue weighted by atomic mass is 10.1. The van der Waals surface area contributed by atoms with Crippen molar-refractivity contribution in [1.82, 2.24) is 20.3 Å². The van der Waals surface area contributed by atoms with Crippen LogP contribution >= 0.6 is 23.2 Å². The van der Waals surface area contributed by atoms with Gasteiger partial charge in [-0.25, -0.2) is 4.68 Å². The largest absolute Gasteiger partial charge is 0.312 e. The first-order chi connectivity index (χ1) is 9.62. The average molecular weight is 313 g/mol. The summed E-state index contributed by atoms with van der Waals surface area (Å²) in [5, 5.41) is 13.1. The van der Waals surface area contributed by atoms with Crippen molar-refractivity contribution in [3.63, 3.8) is 0 Å². The molecule has 0 bridgehead atoms. The van der Waals surface area contributed by atoms with Crippen molar-refractivity contribution in [2.75, 3.05) is 7.05 Å². The number of rotatable bonds is 5. The lowest BCUT2D eigenvalue weighted by molar-refractivity contribution is 0.555. The fraction of sp³-hybridized carbons (Fsp3) is 0.429. The predicted octanol–water partition coefficient (Wildman–Crippen LogP) is 3.81. The standard InChI is InChI=1S/C14H18Cl2N4/c1-4-11(17-3)14-12(5-2)20(19-18-14)13-8-9(15)6-7-10(13)16/h6-8,11,17H,4-5H2,1-3H3. The Hall–Kier alpha value is -1.10. The van der Waals surface area contributed by atoms with E-state index in [9.17, 15) is 0 Å². The molecule has 20 heavy (non-hydrogen) atoms. The van der Waals surface area contributed by atoms with Gasteiger partial charge in [0.2, 0.25) is 0 Å². The molecule has 0 radical (unpaired) electrons. The molecular weight excluding hydrogens is 295 g/mol. The van der Waals surface area contributed by atoms with Gasteiger partial charge >= 0.3 is 0 Å². The zero-order valence-electron chi connectivity index (χ0n) is 11.8. The Morgan fingerprint density at radius 2 is 2.05 bits per heavy atom. The topological polar surface area (TPSA) is 42.7 Å². The van der Waals surface area contributed by atoms with Crippen LogP contribution in [-0.4, -0.2) is 22.0 Å². The van der Waals surface area contributed by atoms with Gasteiger partial charge in [0, 0.05) is 5.02 Å². The Labute approximate surface area is 129 Å². The van der Waals surface area contributed by atoms with E-state index < -0.39 is 0 Å². The third-order valence-electron chi connectivity index (χ3n) is 3.35. The molecule has 0 aliphatic rings. The minimum absolute atomic E-state index is 0.191. The highest BCUT2D eigenvalue weighted by atomic mass is 35.5. The summed E-state index contributed by atoms with van der Waals surface area (Å²) in [4.78, 5) is 0. The maximum atomic E-state index is 6.25. The summed E-state index contributed by atoms with van der Waals surface area (Å²) in [6.45, 7) is 4.20. The number of hydrogen-bond acceptors (Lipinski definition) is 3. The van der Waals surface area contributed by atoms with Crippen LogP contribution in [0.2, 0.25) is 10.0 Å². The second-order valence-electron chi connectivity index (χ2n) is 4.53. The highest BCUT2D eigenvalue weighted by Crippen LogP contribution is 2.27. The van der Waals surface area contributed by atoms with E-state index in [0.717, 1.165) is 29.9 Å².